The van der Waals surface area contributed by atoms with Gasteiger partial charge in [0.05, 0.1) is 28.3 Å². The lowest BCUT2D eigenvalue weighted by molar-refractivity contribution is 0.192. The average molecular weight is 493 g/mol. The van der Waals surface area contributed by atoms with Gasteiger partial charge in [-0.25, -0.2) is 5.06 Å². The molecule has 3 N–H and O–H groups in total. The van der Waals surface area contributed by atoms with Crippen LogP contribution in [-0.2, 0) is 0 Å². The minimum Gasteiger partial charge on any atom is -0.428 e. The highest BCUT2D eigenvalue weighted by molar-refractivity contribution is 6.12. The zero-order valence-electron chi connectivity index (χ0n) is 22.4. The van der Waals surface area contributed by atoms with Gasteiger partial charge in [-0.3, -0.25) is 10.2 Å². The van der Waals surface area contributed by atoms with Crippen molar-refractivity contribution in [3.05, 3.63) is 53.0 Å². The van der Waals surface area contributed by atoms with Crippen molar-refractivity contribution >= 4 is 33.1 Å². The van der Waals surface area contributed by atoms with Crippen molar-refractivity contribution in [1.29, 1.82) is 0 Å². The number of anilines is 1. The molecule has 3 aromatic rings. The Morgan fingerprint density at radius 1 is 0.944 bits per heavy atom. The molecule has 0 saturated heterocycles. The highest BCUT2D eigenvalue weighted by Gasteiger charge is 2.26. The molecule has 8 heteroatoms. The van der Waals surface area contributed by atoms with E-state index in [0.29, 0.717) is 5.52 Å². The number of hydrogen-bond acceptors (Lipinski definition) is 7. The molecule has 0 aliphatic carbocycles. The fraction of sp³-hybridized carbons (Fsp3) is 0.464. The summed E-state index contributed by atoms with van der Waals surface area (Å²) in [5, 5.41) is 30.6. The summed E-state index contributed by atoms with van der Waals surface area (Å²) in [6, 6.07) is 9.87. The molecule has 1 atom stereocenters. The molecule has 4 rings (SSSR count). The minimum absolute atomic E-state index is 0.184. The van der Waals surface area contributed by atoms with Crippen molar-refractivity contribution in [1.82, 2.24) is 19.8 Å². The monoisotopic (exact) mass is 492 g/mol. The van der Waals surface area contributed by atoms with Crippen molar-refractivity contribution in [2.45, 2.75) is 32.7 Å². The molecule has 1 aliphatic rings. The molecule has 0 amide bonds. The smallest absolute Gasteiger partial charge is 0.0968 e. The molecule has 0 radical (unpaired) electrons. The Morgan fingerprint density at radius 3 is 2.33 bits per heavy atom. The first-order chi connectivity index (χ1) is 17.2. The number of hydrogen-bond donors (Lipinski definition) is 3. The lowest BCUT2D eigenvalue weighted by Gasteiger charge is -2.32. The van der Waals surface area contributed by atoms with E-state index in [9.17, 15) is 10.4 Å². The Hall–Kier alpha value is -3.07. The van der Waals surface area contributed by atoms with Crippen LogP contribution in [-0.4, -0.2) is 85.4 Å². The quantitative estimate of drug-likeness (QED) is 0.240. The van der Waals surface area contributed by atoms with Crippen molar-refractivity contribution in [3.63, 3.8) is 0 Å². The molecule has 2 aromatic carbocycles. The van der Waals surface area contributed by atoms with Crippen LogP contribution in [0.4, 0.5) is 5.69 Å². The number of aromatic nitrogens is 1. The van der Waals surface area contributed by atoms with E-state index in [1.54, 1.807) is 0 Å². The summed E-state index contributed by atoms with van der Waals surface area (Å²) in [5.74, 6) is 0. The molecule has 2 heterocycles. The molecular formula is C28H40N6O2. The first kappa shape index (κ1) is 26.0. The number of benzene rings is 2. The molecule has 194 valence electrons. The van der Waals surface area contributed by atoms with Crippen molar-refractivity contribution in [2.24, 2.45) is 4.99 Å². The molecule has 0 fully saturated rings. The fourth-order valence-corrected chi connectivity index (χ4v) is 4.88. The molecule has 0 bridgehead atoms. The van der Waals surface area contributed by atoms with Crippen LogP contribution in [0.1, 0.15) is 31.0 Å². The summed E-state index contributed by atoms with van der Waals surface area (Å²) in [6.45, 7) is 7.43. The van der Waals surface area contributed by atoms with Gasteiger partial charge in [0.15, 0.2) is 0 Å². The van der Waals surface area contributed by atoms with Crippen molar-refractivity contribution in [3.8, 4) is 0 Å². The van der Waals surface area contributed by atoms with E-state index >= 15 is 0 Å². The van der Waals surface area contributed by atoms with Crippen molar-refractivity contribution in [2.75, 3.05) is 59.4 Å². The SMILES string of the molecule is Cc1cc(=NCCCN(C)C)c2ccc3c4c(ccc3c2n1O)C(NCCCN(C)C)=CC(C)N4O. The van der Waals surface area contributed by atoms with Gasteiger partial charge in [-0.05, 0) is 86.2 Å². The summed E-state index contributed by atoms with van der Waals surface area (Å²) >= 11 is 0. The van der Waals surface area contributed by atoms with Gasteiger partial charge in [0.25, 0.3) is 0 Å². The van der Waals surface area contributed by atoms with Gasteiger partial charge in [0, 0.05) is 40.5 Å². The second-order valence-corrected chi connectivity index (χ2v) is 10.3. The third-order valence-corrected chi connectivity index (χ3v) is 6.77. The largest absolute Gasteiger partial charge is 0.428 e. The average Bonchev–Trinajstić information content (AvgIpc) is 2.83. The summed E-state index contributed by atoms with van der Waals surface area (Å²) in [5.41, 5.74) is 4.17. The van der Waals surface area contributed by atoms with Crippen LogP contribution in [0.15, 0.2) is 41.4 Å². The van der Waals surface area contributed by atoms with E-state index in [2.05, 4.69) is 49.4 Å². The number of hydroxylamine groups is 1. The van der Waals surface area contributed by atoms with Crippen LogP contribution < -0.4 is 15.7 Å². The van der Waals surface area contributed by atoms with Crippen LogP contribution >= 0.6 is 0 Å². The minimum atomic E-state index is -0.184. The first-order valence-electron chi connectivity index (χ1n) is 12.7. The van der Waals surface area contributed by atoms with Crippen LogP contribution in [0.25, 0.3) is 27.4 Å². The van der Waals surface area contributed by atoms with E-state index in [1.807, 2.05) is 44.2 Å². The van der Waals surface area contributed by atoms with Gasteiger partial charge < -0.3 is 20.3 Å². The van der Waals surface area contributed by atoms with Gasteiger partial charge >= 0.3 is 0 Å². The third kappa shape index (κ3) is 5.21. The highest BCUT2D eigenvalue weighted by Crippen LogP contribution is 2.40. The molecule has 1 aliphatic heterocycles. The zero-order valence-corrected chi connectivity index (χ0v) is 22.4. The zero-order chi connectivity index (χ0) is 26.0. The number of rotatable bonds is 9. The van der Waals surface area contributed by atoms with Crippen LogP contribution in [0.3, 0.4) is 0 Å². The molecule has 1 unspecified atom stereocenters. The number of pyridine rings is 1. The number of nitrogens with one attached hydrogen (secondary N) is 1. The van der Waals surface area contributed by atoms with Crippen LogP contribution in [0, 0.1) is 6.92 Å². The molecular weight excluding hydrogens is 452 g/mol. The predicted octanol–water partition coefficient (Wildman–Crippen LogP) is 3.67. The number of fused-ring (bicyclic) bond motifs is 5. The van der Waals surface area contributed by atoms with E-state index in [-0.39, 0.29) is 6.04 Å². The molecule has 8 nitrogen and oxygen atoms in total. The van der Waals surface area contributed by atoms with E-state index in [0.717, 1.165) is 83.2 Å². The van der Waals surface area contributed by atoms with E-state index < -0.39 is 0 Å². The maximum Gasteiger partial charge on any atom is 0.0968 e. The topological polar surface area (TPSA) is 79.5 Å². The Balaban J connectivity index is 1.81. The van der Waals surface area contributed by atoms with E-state index in [1.165, 1.54) is 9.79 Å². The number of nitrogens with zero attached hydrogens (tertiary/aromatic N) is 5. The Morgan fingerprint density at radius 2 is 1.61 bits per heavy atom. The second-order valence-electron chi connectivity index (χ2n) is 10.3. The van der Waals surface area contributed by atoms with E-state index in [4.69, 9.17) is 4.99 Å². The molecule has 0 spiro atoms. The lowest BCUT2D eigenvalue weighted by atomic mass is 9.95. The normalized spacial score (nSPS) is 16.4. The maximum atomic E-state index is 11.1. The molecule has 1 aromatic heterocycles. The van der Waals surface area contributed by atoms with Gasteiger partial charge in [0.1, 0.15) is 0 Å². The van der Waals surface area contributed by atoms with Gasteiger partial charge in [0.2, 0.25) is 0 Å². The van der Waals surface area contributed by atoms with Crippen LogP contribution in [0.2, 0.25) is 0 Å². The summed E-state index contributed by atoms with van der Waals surface area (Å²) in [7, 11) is 8.29. The lowest BCUT2D eigenvalue weighted by Crippen LogP contribution is -2.34. The summed E-state index contributed by atoms with van der Waals surface area (Å²) in [6.07, 6.45) is 4.06. The van der Waals surface area contributed by atoms with Gasteiger partial charge in [-0.15, -0.1) is 0 Å². The summed E-state index contributed by atoms with van der Waals surface area (Å²) < 4.78 is 1.24. The van der Waals surface area contributed by atoms with Crippen LogP contribution in [0.5, 0.6) is 0 Å². The first-order valence-corrected chi connectivity index (χ1v) is 12.7. The Kier molecular flexibility index (Phi) is 7.88. The van der Waals surface area contributed by atoms with Gasteiger partial charge in [-0.2, -0.15) is 4.73 Å². The highest BCUT2D eigenvalue weighted by atomic mass is 16.5. The fourth-order valence-electron chi connectivity index (χ4n) is 4.88. The Labute approximate surface area is 213 Å². The maximum absolute atomic E-state index is 11.1. The Bertz CT molecular complexity index is 1340. The molecule has 36 heavy (non-hydrogen) atoms. The number of aryl methyl sites for hydroxylation is 1. The standard InChI is InChI=1S/C28H40N6O2/c1-19-17-25(29-13-7-15-31(3)4)23-11-10-22-21(27(23)33(19)35)9-12-24-26(30-14-8-16-32(5)6)18-20(2)34(36)28(22)24/h9-12,17-19,29,35-36H,7-8,13-16H2,1-6H3. The molecule has 0 saturated carbocycles. The predicted molar refractivity (Wildman–Crippen MR) is 148 cm³/mol. The second kappa shape index (κ2) is 10.9. The summed E-state index contributed by atoms with van der Waals surface area (Å²) in [4.78, 5) is 9.20. The third-order valence-electron chi connectivity index (χ3n) is 6.77. The van der Waals surface area contributed by atoms with Crippen molar-refractivity contribution < 1.29 is 10.4 Å². The van der Waals surface area contributed by atoms with Gasteiger partial charge in [-0.1, -0.05) is 18.2 Å².